The first-order valence-electron chi connectivity index (χ1n) is 12.4. The number of rotatable bonds is 7. The second kappa shape index (κ2) is 10.0. The van der Waals surface area contributed by atoms with Crippen LogP contribution >= 0.6 is 11.3 Å². The number of carbonyl (C=O) groups is 2. The molecule has 3 aliphatic rings. The number of halogens is 5. The van der Waals surface area contributed by atoms with E-state index in [1.807, 2.05) is 0 Å². The van der Waals surface area contributed by atoms with Crippen molar-refractivity contribution in [2.45, 2.75) is 88.3 Å². The highest BCUT2D eigenvalue weighted by molar-refractivity contribution is 7.17. The molecule has 0 aromatic carbocycles. The van der Waals surface area contributed by atoms with E-state index in [1.165, 1.54) is 0 Å². The third-order valence-corrected chi connectivity index (χ3v) is 8.52. The van der Waals surface area contributed by atoms with Gasteiger partial charge in [0.15, 0.2) is 5.01 Å². The number of hydrogen-bond donors (Lipinski definition) is 3. The molecule has 5 rings (SSSR count). The van der Waals surface area contributed by atoms with Crippen molar-refractivity contribution in [3.8, 4) is 10.4 Å². The summed E-state index contributed by atoms with van der Waals surface area (Å²) in [7, 11) is 0. The Morgan fingerprint density at radius 3 is 2.34 bits per heavy atom. The van der Waals surface area contributed by atoms with Crippen molar-refractivity contribution in [2.75, 3.05) is 5.32 Å². The quantitative estimate of drug-likeness (QED) is 0.431. The van der Waals surface area contributed by atoms with Gasteiger partial charge in [0.25, 0.3) is 18.2 Å². The van der Waals surface area contributed by atoms with Crippen molar-refractivity contribution in [2.24, 2.45) is 0 Å². The summed E-state index contributed by atoms with van der Waals surface area (Å²) < 4.78 is 67.3. The molecule has 1 saturated carbocycles. The van der Waals surface area contributed by atoms with Gasteiger partial charge in [0.1, 0.15) is 17.6 Å². The molecule has 1 atom stereocenters. The largest absolute Gasteiger partial charge is 0.408 e. The maximum atomic E-state index is 14.2. The molecule has 38 heavy (non-hydrogen) atoms. The average molecular weight is 560 g/mol. The Morgan fingerprint density at radius 2 is 1.79 bits per heavy atom. The summed E-state index contributed by atoms with van der Waals surface area (Å²) in [4.78, 5) is 36.4. The lowest BCUT2D eigenvalue weighted by Gasteiger charge is -2.31. The molecule has 4 heterocycles. The molecule has 0 spiro atoms. The number of aliphatic hydroxyl groups is 1. The number of amides is 2. The highest BCUT2D eigenvalue weighted by atomic mass is 32.1. The van der Waals surface area contributed by atoms with Crippen LogP contribution in [0.15, 0.2) is 12.3 Å². The van der Waals surface area contributed by atoms with Crippen LogP contribution < -0.4 is 10.6 Å². The monoisotopic (exact) mass is 559 g/mol. The molecule has 2 aromatic heterocycles. The van der Waals surface area contributed by atoms with E-state index in [9.17, 15) is 36.6 Å². The summed E-state index contributed by atoms with van der Waals surface area (Å²) in [5.74, 6) is -1.46. The summed E-state index contributed by atoms with van der Waals surface area (Å²) in [6, 6.07) is -1.45. The van der Waals surface area contributed by atoms with Crippen molar-refractivity contribution >= 4 is 29.0 Å². The maximum Gasteiger partial charge on any atom is 0.408 e. The fourth-order valence-corrected chi connectivity index (χ4v) is 6.28. The number of thiazole rings is 1. The molecular formula is C24H26F5N5O3S. The van der Waals surface area contributed by atoms with Crippen LogP contribution in [-0.4, -0.2) is 68.2 Å². The van der Waals surface area contributed by atoms with E-state index in [-0.39, 0.29) is 39.3 Å². The molecule has 14 heteroatoms. The van der Waals surface area contributed by atoms with Crippen molar-refractivity contribution in [1.29, 1.82) is 0 Å². The van der Waals surface area contributed by atoms with Gasteiger partial charge in [0.05, 0.1) is 11.0 Å². The van der Waals surface area contributed by atoms with Gasteiger partial charge in [-0.15, -0.1) is 11.3 Å². The standard InChI is InChI=1S/C24H26F5N5O3S/c1-10(24(27,28)29)31-17-8-15(20(25)26)16(9-30-17)19-18(23(37)34-12-2-3-13(34)5-4-12)33-22(38-19)21(36)32-11-6-14(35)7-11/h8-14,20,35H,2-7H2,1H3,(H,30,31)(H,32,36)/t10-,11?,12?,13?,14?/m0/s1. The molecule has 3 N–H and O–H groups in total. The van der Waals surface area contributed by atoms with E-state index in [4.69, 9.17) is 0 Å². The number of nitrogens with zero attached hydrogens (tertiary/aromatic N) is 3. The molecule has 3 fully saturated rings. The first kappa shape index (κ1) is 26.7. The molecule has 2 amide bonds. The van der Waals surface area contributed by atoms with Crippen molar-refractivity contribution in [3.63, 3.8) is 0 Å². The lowest BCUT2D eigenvalue weighted by Crippen LogP contribution is -2.46. The normalized spacial score (nSPS) is 25.4. The van der Waals surface area contributed by atoms with Crippen molar-refractivity contribution < 1.29 is 36.6 Å². The maximum absolute atomic E-state index is 14.2. The van der Waals surface area contributed by atoms with Crippen LogP contribution in [0.3, 0.4) is 0 Å². The molecule has 8 nitrogen and oxygen atoms in total. The first-order valence-corrected chi connectivity index (χ1v) is 13.2. The van der Waals surface area contributed by atoms with Gasteiger partial charge in [-0.25, -0.2) is 18.7 Å². The molecular weight excluding hydrogens is 533 g/mol. The zero-order valence-electron chi connectivity index (χ0n) is 20.3. The molecule has 2 aliphatic heterocycles. The van der Waals surface area contributed by atoms with Crippen molar-refractivity contribution in [3.05, 3.63) is 28.5 Å². The Morgan fingerprint density at radius 1 is 1.16 bits per heavy atom. The average Bonchev–Trinajstić information content (AvgIpc) is 3.56. The van der Waals surface area contributed by atoms with E-state index >= 15 is 0 Å². The van der Waals surface area contributed by atoms with Crippen LogP contribution in [0, 0.1) is 0 Å². The van der Waals surface area contributed by atoms with Gasteiger partial charge in [0.2, 0.25) is 0 Å². The van der Waals surface area contributed by atoms with Crippen LogP contribution in [-0.2, 0) is 0 Å². The van der Waals surface area contributed by atoms with E-state index in [1.54, 1.807) is 4.90 Å². The number of hydrogen-bond acceptors (Lipinski definition) is 7. The van der Waals surface area contributed by atoms with Crippen LogP contribution in [0.25, 0.3) is 10.4 Å². The second-order valence-electron chi connectivity index (χ2n) is 10.0. The van der Waals surface area contributed by atoms with Crippen LogP contribution in [0.4, 0.5) is 27.8 Å². The Labute approximate surface area is 218 Å². The van der Waals surface area contributed by atoms with Gasteiger partial charge in [-0.2, -0.15) is 13.2 Å². The number of nitrogens with one attached hydrogen (secondary N) is 2. The first-order chi connectivity index (χ1) is 17.9. The Bertz CT molecular complexity index is 1210. The minimum atomic E-state index is -4.61. The summed E-state index contributed by atoms with van der Waals surface area (Å²) in [5, 5.41) is 14.2. The highest BCUT2D eigenvalue weighted by Crippen LogP contribution is 2.42. The van der Waals surface area contributed by atoms with Crippen LogP contribution in [0.2, 0.25) is 0 Å². The number of fused-ring (bicyclic) bond motifs is 2. The summed E-state index contributed by atoms with van der Waals surface area (Å²) in [6.07, 6.45) is -3.18. The summed E-state index contributed by atoms with van der Waals surface area (Å²) in [6.45, 7) is 0.841. The number of aliphatic hydroxyl groups excluding tert-OH is 1. The van der Waals surface area contributed by atoms with Crippen LogP contribution in [0.5, 0.6) is 0 Å². The molecule has 2 aromatic rings. The molecule has 2 bridgehead atoms. The molecule has 1 aliphatic carbocycles. The zero-order chi connectivity index (χ0) is 27.4. The smallest absolute Gasteiger partial charge is 0.393 e. The predicted molar refractivity (Wildman–Crippen MR) is 128 cm³/mol. The Balaban J connectivity index is 1.52. The topological polar surface area (TPSA) is 107 Å². The number of pyridine rings is 1. The highest BCUT2D eigenvalue weighted by Gasteiger charge is 2.44. The lowest BCUT2D eigenvalue weighted by atomic mass is 9.89. The van der Waals surface area contributed by atoms with Gasteiger partial charge in [-0.3, -0.25) is 9.59 Å². The summed E-state index contributed by atoms with van der Waals surface area (Å²) >= 11 is 0.757. The second-order valence-corrected chi connectivity index (χ2v) is 11.0. The van der Waals surface area contributed by atoms with Gasteiger partial charge < -0.3 is 20.6 Å². The lowest BCUT2D eigenvalue weighted by molar-refractivity contribution is -0.138. The van der Waals surface area contributed by atoms with Gasteiger partial charge in [0, 0.05) is 35.4 Å². The molecule has 0 radical (unpaired) electrons. The number of anilines is 1. The van der Waals surface area contributed by atoms with Gasteiger partial charge >= 0.3 is 6.18 Å². The summed E-state index contributed by atoms with van der Waals surface area (Å²) in [5.41, 5.74) is -0.954. The van der Waals surface area contributed by atoms with E-state index in [0.717, 1.165) is 56.2 Å². The van der Waals surface area contributed by atoms with E-state index < -0.39 is 47.9 Å². The number of alkyl halides is 5. The molecule has 206 valence electrons. The fraction of sp³-hybridized carbons (Fsp3) is 0.583. The van der Waals surface area contributed by atoms with Gasteiger partial charge in [-0.1, -0.05) is 0 Å². The van der Waals surface area contributed by atoms with Crippen LogP contribution in [0.1, 0.15) is 77.7 Å². The SMILES string of the molecule is C[C@H](Nc1cc(C(F)F)c(-c2sc(C(=O)NC3CC(O)C3)nc2C(=O)N2C3CCC2CC3)cn1)C(F)(F)F. The third-order valence-electron chi connectivity index (χ3n) is 7.43. The van der Waals surface area contributed by atoms with Crippen molar-refractivity contribution in [1.82, 2.24) is 20.2 Å². The minimum absolute atomic E-state index is 0.0123. The van der Waals surface area contributed by atoms with E-state index in [0.29, 0.717) is 12.8 Å². The number of aromatic nitrogens is 2. The fourth-order valence-electron chi connectivity index (χ4n) is 5.29. The molecule has 0 unspecified atom stereocenters. The van der Waals surface area contributed by atoms with E-state index in [2.05, 4.69) is 20.6 Å². The number of carbonyl (C=O) groups excluding carboxylic acids is 2. The third kappa shape index (κ3) is 5.07. The Hall–Kier alpha value is -2.87. The zero-order valence-corrected chi connectivity index (χ0v) is 21.1. The predicted octanol–water partition coefficient (Wildman–Crippen LogP) is 4.53. The van der Waals surface area contributed by atoms with Gasteiger partial charge in [-0.05, 0) is 51.5 Å². The minimum Gasteiger partial charge on any atom is -0.393 e. The Kier molecular flexibility index (Phi) is 7.05. The molecule has 2 saturated heterocycles.